The summed E-state index contributed by atoms with van der Waals surface area (Å²) in [5.74, 6) is -0.0751. The predicted octanol–water partition coefficient (Wildman–Crippen LogP) is 18.8. The molecule has 0 aromatic heterocycles. The number of rotatable bonds is 56. The molecule has 0 bridgehead atoms. The van der Waals surface area contributed by atoms with E-state index in [9.17, 15) is 19.8 Å². The lowest BCUT2D eigenvalue weighted by Crippen LogP contribution is -2.45. The maximum atomic E-state index is 12.5. The molecule has 0 spiro atoms. The van der Waals surface area contributed by atoms with Crippen LogP contribution in [0.4, 0.5) is 0 Å². The molecule has 2 atom stereocenters. The van der Waals surface area contributed by atoms with Crippen molar-refractivity contribution in [3.8, 4) is 0 Å². The molecule has 0 aliphatic heterocycles. The van der Waals surface area contributed by atoms with Crippen LogP contribution >= 0.6 is 0 Å². The fraction of sp³-hybridized carbons (Fsp3) is 0.871. The molecule has 0 radical (unpaired) electrons. The van der Waals surface area contributed by atoms with Crippen molar-refractivity contribution in [2.75, 3.05) is 13.2 Å². The molecule has 0 aliphatic carbocycles. The molecule has 0 rings (SSSR count). The summed E-state index contributed by atoms with van der Waals surface area (Å²) in [4.78, 5) is 24.5. The average molecular weight is 957 g/mol. The van der Waals surface area contributed by atoms with E-state index >= 15 is 0 Å². The van der Waals surface area contributed by atoms with E-state index in [-0.39, 0.29) is 18.5 Å². The monoisotopic (exact) mass is 956 g/mol. The lowest BCUT2D eigenvalue weighted by atomic mass is 10.0. The van der Waals surface area contributed by atoms with Gasteiger partial charge in [0.2, 0.25) is 5.91 Å². The average Bonchev–Trinajstić information content (AvgIpc) is 3.34. The maximum Gasteiger partial charge on any atom is 0.305 e. The number of carbonyl (C=O) groups excluding carboxylic acids is 2. The lowest BCUT2D eigenvalue weighted by molar-refractivity contribution is -0.143. The number of esters is 1. The first-order valence-electron chi connectivity index (χ1n) is 30.3. The van der Waals surface area contributed by atoms with Gasteiger partial charge >= 0.3 is 5.97 Å². The van der Waals surface area contributed by atoms with Gasteiger partial charge in [0.05, 0.1) is 25.4 Å². The summed E-state index contributed by atoms with van der Waals surface area (Å²) in [6.07, 6.45) is 71.6. The van der Waals surface area contributed by atoms with Crippen LogP contribution in [0, 0.1) is 0 Å². The molecule has 2 unspecified atom stereocenters. The Morgan fingerprint density at radius 1 is 0.412 bits per heavy atom. The van der Waals surface area contributed by atoms with E-state index in [1.54, 1.807) is 6.08 Å². The molecule has 1 amide bonds. The summed E-state index contributed by atoms with van der Waals surface area (Å²) < 4.78 is 5.48. The quantitative estimate of drug-likeness (QED) is 0.0321. The number of ether oxygens (including phenoxy) is 1. The van der Waals surface area contributed by atoms with Crippen molar-refractivity contribution in [2.45, 2.75) is 334 Å². The van der Waals surface area contributed by atoms with Gasteiger partial charge < -0.3 is 20.3 Å². The topological polar surface area (TPSA) is 95.9 Å². The van der Waals surface area contributed by atoms with E-state index in [0.717, 1.165) is 51.4 Å². The van der Waals surface area contributed by atoms with Crippen molar-refractivity contribution >= 4 is 11.9 Å². The van der Waals surface area contributed by atoms with Gasteiger partial charge in [0.25, 0.3) is 0 Å². The van der Waals surface area contributed by atoms with Gasteiger partial charge in [-0.05, 0) is 64.2 Å². The van der Waals surface area contributed by atoms with E-state index in [0.29, 0.717) is 19.4 Å². The van der Waals surface area contributed by atoms with Gasteiger partial charge in [-0.25, -0.2) is 0 Å². The zero-order valence-electron chi connectivity index (χ0n) is 45.6. The van der Waals surface area contributed by atoms with Crippen molar-refractivity contribution in [3.63, 3.8) is 0 Å². The second kappa shape index (κ2) is 57.7. The van der Waals surface area contributed by atoms with Crippen LogP contribution < -0.4 is 5.32 Å². The molecule has 0 saturated heterocycles. The highest BCUT2D eigenvalue weighted by Crippen LogP contribution is 2.17. The van der Waals surface area contributed by atoms with Crippen LogP contribution in [0.2, 0.25) is 0 Å². The largest absolute Gasteiger partial charge is 0.466 e. The van der Waals surface area contributed by atoms with Crippen LogP contribution in [0.5, 0.6) is 0 Å². The highest BCUT2D eigenvalue weighted by atomic mass is 16.5. The molecule has 0 aliphatic rings. The van der Waals surface area contributed by atoms with Gasteiger partial charge in [-0.3, -0.25) is 9.59 Å². The number of allylic oxidation sites excluding steroid dienone is 5. The van der Waals surface area contributed by atoms with E-state index in [4.69, 9.17) is 4.74 Å². The highest BCUT2D eigenvalue weighted by molar-refractivity contribution is 5.76. The Balaban J connectivity index is 3.44. The summed E-state index contributed by atoms with van der Waals surface area (Å²) in [6.45, 7) is 4.88. The normalized spacial score (nSPS) is 12.8. The van der Waals surface area contributed by atoms with Gasteiger partial charge in [0, 0.05) is 12.8 Å². The number of nitrogens with one attached hydrogen (secondary N) is 1. The molecule has 6 nitrogen and oxygen atoms in total. The van der Waals surface area contributed by atoms with Crippen molar-refractivity contribution in [3.05, 3.63) is 36.5 Å². The number of hydrogen-bond donors (Lipinski definition) is 3. The Kier molecular flexibility index (Phi) is 56.0. The van der Waals surface area contributed by atoms with E-state index in [1.807, 2.05) is 6.08 Å². The molecule has 0 heterocycles. The van der Waals surface area contributed by atoms with Gasteiger partial charge in [-0.2, -0.15) is 0 Å². The lowest BCUT2D eigenvalue weighted by Gasteiger charge is -2.20. The van der Waals surface area contributed by atoms with Crippen LogP contribution in [0.3, 0.4) is 0 Å². The molecular weight excluding hydrogens is 839 g/mol. The Labute approximate surface area is 424 Å². The Morgan fingerprint density at radius 3 is 1.15 bits per heavy atom. The van der Waals surface area contributed by atoms with E-state index in [2.05, 4.69) is 43.5 Å². The molecule has 0 aromatic rings. The van der Waals surface area contributed by atoms with E-state index < -0.39 is 12.1 Å². The SMILES string of the molecule is CCCCC/C=C\C/C=C\CCCCCCCCCC(=O)OCCCCCCCCCCCCCCCCCCCC(=O)NC(CO)C(O)/C=C/CCCCCCCCCCCCCCCCC. The second-order valence-corrected chi connectivity index (χ2v) is 20.7. The van der Waals surface area contributed by atoms with Gasteiger partial charge in [0.1, 0.15) is 0 Å². The minimum absolute atomic E-state index is 0.00319. The van der Waals surface area contributed by atoms with Crippen LogP contribution in [-0.4, -0.2) is 47.4 Å². The second-order valence-electron chi connectivity index (χ2n) is 20.7. The van der Waals surface area contributed by atoms with Gasteiger partial charge in [-0.15, -0.1) is 0 Å². The van der Waals surface area contributed by atoms with Crippen molar-refractivity contribution in [2.24, 2.45) is 0 Å². The minimum atomic E-state index is -0.849. The summed E-state index contributed by atoms with van der Waals surface area (Å²) in [5.41, 5.74) is 0. The Bertz CT molecular complexity index is 1100. The number of unbranched alkanes of at least 4 members (excludes halogenated alkanes) is 41. The summed E-state index contributed by atoms with van der Waals surface area (Å²) in [5, 5.41) is 23.1. The highest BCUT2D eigenvalue weighted by Gasteiger charge is 2.18. The first-order chi connectivity index (χ1) is 33.5. The third-order valence-corrected chi connectivity index (χ3v) is 13.9. The van der Waals surface area contributed by atoms with Crippen LogP contribution in [0.1, 0.15) is 322 Å². The van der Waals surface area contributed by atoms with E-state index in [1.165, 1.54) is 244 Å². The number of hydrogen-bond acceptors (Lipinski definition) is 5. The molecule has 6 heteroatoms. The van der Waals surface area contributed by atoms with Crippen molar-refractivity contribution in [1.29, 1.82) is 0 Å². The Hall–Kier alpha value is -1.92. The fourth-order valence-corrected chi connectivity index (χ4v) is 9.25. The number of amides is 1. The van der Waals surface area contributed by atoms with Crippen LogP contribution in [-0.2, 0) is 14.3 Å². The minimum Gasteiger partial charge on any atom is -0.466 e. The maximum absolute atomic E-state index is 12.5. The van der Waals surface area contributed by atoms with Crippen molar-refractivity contribution < 1.29 is 24.5 Å². The van der Waals surface area contributed by atoms with Gasteiger partial charge in [0.15, 0.2) is 0 Å². The fourth-order valence-electron chi connectivity index (χ4n) is 9.25. The zero-order valence-corrected chi connectivity index (χ0v) is 45.6. The zero-order chi connectivity index (χ0) is 49.3. The van der Waals surface area contributed by atoms with Crippen LogP contribution in [0.25, 0.3) is 0 Å². The molecule has 400 valence electrons. The Morgan fingerprint density at radius 2 is 0.735 bits per heavy atom. The molecule has 3 N–H and O–H groups in total. The molecule has 0 aromatic carbocycles. The summed E-state index contributed by atoms with van der Waals surface area (Å²) >= 11 is 0. The number of aliphatic hydroxyl groups is 2. The number of aliphatic hydroxyl groups excluding tert-OH is 2. The van der Waals surface area contributed by atoms with Gasteiger partial charge in [-0.1, -0.05) is 281 Å². The first kappa shape index (κ1) is 66.1. The smallest absolute Gasteiger partial charge is 0.305 e. The molecule has 0 saturated carbocycles. The first-order valence-corrected chi connectivity index (χ1v) is 30.3. The summed E-state index contributed by atoms with van der Waals surface area (Å²) in [7, 11) is 0. The third kappa shape index (κ3) is 53.4. The van der Waals surface area contributed by atoms with Crippen molar-refractivity contribution in [1.82, 2.24) is 5.32 Å². The molecule has 68 heavy (non-hydrogen) atoms. The predicted molar refractivity (Wildman–Crippen MR) is 296 cm³/mol. The molecule has 0 fully saturated rings. The number of carbonyl (C=O) groups is 2. The summed E-state index contributed by atoms with van der Waals surface area (Å²) in [6, 6.07) is -0.633. The van der Waals surface area contributed by atoms with Crippen LogP contribution in [0.15, 0.2) is 36.5 Å². The molecular formula is C62H117NO5. The third-order valence-electron chi connectivity index (χ3n) is 13.9. The standard InChI is InChI=1S/C62H117NO5/c1-3-5-7-9-11-13-15-17-19-22-26-30-34-38-42-46-50-54-60(65)59(58-64)63-61(66)55-51-47-43-39-35-31-27-24-21-25-29-33-37-41-45-49-53-57-68-62(67)56-52-48-44-40-36-32-28-23-20-18-16-14-12-10-8-6-4-2/h12,14,18,20,50,54,59-60,64-65H,3-11,13,15-17,19,21-49,51-53,55-58H2,1-2H3,(H,63,66)/b14-12-,20-18-,54-50+.